The van der Waals surface area contributed by atoms with Gasteiger partial charge in [0.05, 0.1) is 11.8 Å². The van der Waals surface area contributed by atoms with Crippen molar-refractivity contribution in [3.63, 3.8) is 0 Å². The van der Waals surface area contributed by atoms with E-state index in [0.29, 0.717) is 12.2 Å². The Labute approximate surface area is 122 Å². The molecule has 1 amide bonds. The molecule has 2 aromatic rings. The van der Waals surface area contributed by atoms with Gasteiger partial charge in [-0.3, -0.25) is 4.79 Å². The van der Waals surface area contributed by atoms with Crippen molar-refractivity contribution in [3.05, 3.63) is 35.8 Å². The maximum absolute atomic E-state index is 12.0. The highest BCUT2D eigenvalue weighted by molar-refractivity contribution is 5.93. The van der Waals surface area contributed by atoms with Crippen molar-refractivity contribution in [2.24, 2.45) is 0 Å². The lowest BCUT2D eigenvalue weighted by molar-refractivity contribution is 0.0932. The van der Waals surface area contributed by atoms with Crippen LogP contribution in [0.25, 0.3) is 0 Å². The van der Waals surface area contributed by atoms with Crippen molar-refractivity contribution in [2.75, 3.05) is 7.11 Å². The van der Waals surface area contributed by atoms with E-state index in [1.54, 1.807) is 13.2 Å². The van der Waals surface area contributed by atoms with Gasteiger partial charge in [-0.2, -0.15) is 0 Å². The molecule has 0 spiro atoms. The van der Waals surface area contributed by atoms with Crippen LogP contribution in [-0.4, -0.2) is 33.8 Å². The number of hydrogen-bond donors (Lipinski definition) is 1. The lowest BCUT2D eigenvalue weighted by Gasteiger charge is -2.15. The van der Waals surface area contributed by atoms with E-state index >= 15 is 0 Å². The van der Waals surface area contributed by atoms with Crippen molar-refractivity contribution in [3.8, 4) is 0 Å². The van der Waals surface area contributed by atoms with Crippen molar-refractivity contribution in [2.45, 2.75) is 38.5 Å². The molecule has 21 heavy (non-hydrogen) atoms. The van der Waals surface area contributed by atoms with Gasteiger partial charge in [0.2, 0.25) is 0 Å². The maximum atomic E-state index is 12.0. The van der Waals surface area contributed by atoms with Crippen LogP contribution >= 0.6 is 0 Å². The van der Waals surface area contributed by atoms with Crippen LogP contribution in [0.3, 0.4) is 0 Å². The zero-order chi connectivity index (χ0) is 14.7. The first-order chi connectivity index (χ1) is 10.3. The number of furan rings is 1. The Hall–Kier alpha value is -2.15. The molecule has 7 nitrogen and oxygen atoms in total. The molecule has 0 bridgehead atoms. The topological polar surface area (TPSA) is 82.2 Å². The second-order valence-electron chi connectivity index (χ2n) is 5.13. The number of nitrogens with one attached hydrogen (secondary N) is 1. The van der Waals surface area contributed by atoms with Crippen LogP contribution < -0.4 is 5.32 Å². The van der Waals surface area contributed by atoms with E-state index in [2.05, 4.69) is 20.1 Å². The molecule has 1 aliphatic heterocycles. The van der Waals surface area contributed by atoms with E-state index < -0.39 is 0 Å². The summed E-state index contributed by atoms with van der Waals surface area (Å²) >= 11 is 0. The largest absolute Gasteiger partial charge is 0.472 e. The molecular formula is C14H18N4O3. The van der Waals surface area contributed by atoms with E-state index in [1.807, 2.05) is 0 Å². The Morgan fingerprint density at radius 2 is 2.43 bits per heavy atom. The summed E-state index contributed by atoms with van der Waals surface area (Å²) in [5, 5.41) is 11.4. The number of carbonyl (C=O) groups excluding carboxylic acids is 1. The summed E-state index contributed by atoms with van der Waals surface area (Å²) in [6, 6.07) is 1.79. The number of nitrogens with zero attached hydrogens (tertiary/aromatic N) is 3. The number of ether oxygens (including phenoxy) is 1. The normalized spacial score (nSPS) is 18.0. The van der Waals surface area contributed by atoms with Crippen molar-refractivity contribution in [1.82, 2.24) is 20.1 Å². The first kappa shape index (κ1) is 13.8. The third-order valence-electron chi connectivity index (χ3n) is 3.71. The Morgan fingerprint density at radius 1 is 1.52 bits per heavy atom. The summed E-state index contributed by atoms with van der Waals surface area (Å²) in [6.07, 6.45) is 5.46. The molecule has 0 unspecified atom stereocenters. The quantitative estimate of drug-likeness (QED) is 0.913. The number of rotatable bonds is 4. The molecular weight excluding hydrogens is 272 g/mol. The van der Waals surface area contributed by atoms with Gasteiger partial charge in [-0.25, -0.2) is 0 Å². The Bertz CT molecular complexity index is 606. The van der Waals surface area contributed by atoms with Gasteiger partial charge in [0.25, 0.3) is 5.91 Å². The molecule has 3 rings (SSSR count). The van der Waals surface area contributed by atoms with E-state index in [-0.39, 0.29) is 11.9 Å². The molecule has 0 radical (unpaired) electrons. The second kappa shape index (κ2) is 6.09. The molecule has 0 fully saturated rings. The maximum Gasteiger partial charge on any atom is 0.254 e. The van der Waals surface area contributed by atoms with Gasteiger partial charge in [-0.1, -0.05) is 0 Å². The minimum absolute atomic E-state index is 0.0940. The molecule has 112 valence electrons. The average Bonchev–Trinajstić information content (AvgIpc) is 3.09. The highest BCUT2D eigenvalue weighted by Gasteiger charge is 2.21. The zero-order valence-corrected chi connectivity index (χ0v) is 11.9. The number of fused-ring (bicyclic) bond motifs is 1. The average molecular weight is 290 g/mol. The standard InChI is InChI=1S/C14H18N4O3/c1-20-9-13-17-16-12-3-2-11(4-6-18(12)13)15-14(19)10-5-7-21-8-10/h5,7-8,11H,2-4,6,9H2,1H3,(H,15,19)/t11-/m0/s1. The van der Waals surface area contributed by atoms with Gasteiger partial charge in [0, 0.05) is 26.1 Å². The first-order valence-electron chi connectivity index (χ1n) is 7.01. The molecule has 0 aromatic carbocycles. The van der Waals surface area contributed by atoms with Gasteiger partial charge in [-0.15, -0.1) is 10.2 Å². The van der Waals surface area contributed by atoms with Crippen LogP contribution in [0.4, 0.5) is 0 Å². The van der Waals surface area contributed by atoms with Crippen LogP contribution in [-0.2, 0) is 24.3 Å². The molecule has 3 heterocycles. The number of carbonyl (C=O) groups is 1. The predicted molar refractivity (Wildman–Crippen MR) is 73.6 cm³/mol. The third-order valence-corrected chi connectivity index (χ3v) is 3.71. The van der Waals surface area contributed by atoms with Crippen LogP contribution in [0.2, 0.25) is 0 Å². The number of aryl methyl sites for hydroxylation is 1. The fourth-order valence-corrected chi connectivity index (χ4v) is 2.59. The van der Waals surface area contributed by atoms with E-state index in [9.17, 15) is 4.79 Å². The van der Waals surface area contributed by atoms with Crippen LogP contribution in [0.1, 0.15) is 34.8 Å². The fraction of sp³-hybridized carbons (Fsp3) is 0.500. The molecule has 7 heteroatoms. The number of aromatic nitrogens is 3. The van der Waals surface area contributed by atoms with E-state index in [4.69, 9.17) is 9.15 Å². The molecule has 1 N–H and O–H groups in total. The summed E-state index contributed by atoms with van der Waals surface area (Å²) in [6.45, 7) is 1.25. The summed E-state index contributed by atoms with van der Waals surface area (Å²) < 4.78 is 12.2. The number of amides is 1. The van der Waals surface area contributed by atoms with Crippen molar-refractivity contribution < 1.29 is 13.9 Å². The van der Waals surface area contributed by atoms with Crippen molar-refractivity contribution >= 4 is 5.91 Å². The fourth-order valence-electron chi connectivity index (χ4n) is 2.59. The van der Waals surface area contributed by atoms with E-state index in [1.165, 1.54) is 12.5 Å². The molecule has 0 saturated heterocycles. The molecule has 1 aliphatic rings. The predicted octanol–water partition coefficient (Wildman–Crippen LogP) is 1.15. The van der Waals surface area contributed by atoms with Gasteiger partial charge < -0.3 is 19.0 Å². The van der Waals surface area contributed by atoms with Crippen LogP contribution in [0, 0.1) is 0 Å². The molecule has 2 aromatic heterocycles. The molecule has 0 aliphatic carbocycles. The Balaban J connectivity index is 1.63. The molecule has 0 saturated carbocycles. The van der Waals surface area contributed by atoms with Crippen molar-refractivity contribution in [1.29, 1.82) is 0 Å². The minimum atomic E-state index is -0.0940. The van der Waals surface area contributed by atoms with Gasteiger partial charge in [-0.05, 0) is 18.9 Å². The zero-order valence-electron chi connectivity index (χ0n) is 11.9. The number of hydrogen-bond acceptors (Lipinski definition) is 5. The SMILES string of the molecule is COCc1nnc2n1CC[C@@H](NC(=O)c1ccoc1)CC2. The first-order valence-corrected chi connectivity index (χ1v) is 7.01. The highest BCUT2D eigenvalue weighted by atomic mass is 16.5. The lowest BCUT2D eigenvalue weighted by Crippen LogP contribution is -2.35. The van der Waals surface area contributed by atoms with Crippen LogP contribution in [0.15, 0.2) is 23.0 Å². The Kier molecular flexibility index (Phi) is 4.01. The summed E-state index contributed by atoms with van der Waals surface area (Å²) in [5.41, 5.74) is 0.554. The Morgan fingerprint density at radius 3 is 3.19 bits per heavy atom. The summed E-state index contributed by atoms with van der Waals surface area (Å²) in [4.78, 5) is 12.0. The summed E-state index contributed by atoms with van der Waals surface area (Å²) in [5.74, 6) is 1.71. The summed E-state index contributed by atoms with van der Waals surface area (Å²) in [7, 11) is 1.65. The smallest absolute Gasteiger partial charge is 0.254 e. The minimum Gasteiger partial charge on any atom is -0.472 e. The van der Waals surface area contributed by atoms with E-state index in [0.717, 1.165) is 37.5 Å². The lowest BCUT2D eigenvalue weighted by atomic mass is 10.1. The third kappa shape index (κ3) is 2.97. The van der Waals surface area contributed by atoms with Gasteiger partial charge in [0.15, 0.2) is 5.82 Å². The van der Waals surface area contributed by atoms with Gasteiger partial charge in [0.1, 0.15) is 18.7 Å². The van der Waals surface area contributed by atoms with Crippen LogP contribution in [0.5, 0.6) is 0 Å². The number of methoxy groups -OCH3 is 1. The highest BCUT2D eigenvalue weighted by Crippen LogP contribution is 2.16. The monoisotopic (exact) mass is 290 g/mol. The molecule has 1 atom stereocenters. The van der Waals surface area contributed by atoms with Gasteiger partial charge >= 0.3 is 0 Å². The second-order valence-corrected chi connectivity index (χ2v) is 5.13.